The van der Waals surface area contributed by atoms with Gasteiger partial charge in [0.25, 0.3) is 5.91 Å². The van der Waals surface area contributed by atoms with E-state index < -0.39 is 5.60 Å². The lowest BCUT2D eigenvalue weighted by Gasteiger charge is -2.47. The van der Waals surface area contributed by atoms with E-state index in [4.69, 9.17) is 4.74 Å². The first kappa shape index (κ1) is 31.0. The van der Waals surface area contributed by atoms with Gasteiger partial charge < -0.3 is 25.2 Å². The number of aromatic nitrogens is 2. The van der Waals surface area contributed by atoms with Gasteiger partial charge in [0.05, 0.1) is 6.20 Å². The van der Waals surface area contributed by atoms with E-state index in [1.807, 2.05) is 73.5 Å². The molecule has 2 saturated heterocycles. The molecule has 1 spiro atoms. The number of benzene rings is 2. The van der Waals surface area contributed by atoms with Crippen LogP contribution in [-0.2, 0) is 4.74 Å². The molecule has 10 heteroatoms. The Labute approximate surface area is 259 Å². The van der Waals surface area contributed by atoms with Crippen LogP contribution in [0.2, 0.25) is 0 Å². The van der Waals surface area contributed by atoms with Crippen molar-refractivity contribution >= 4 is 40.8 Å². The van der Waals surface area contributed by atoms with Crippen molar-refractivity contribution in [3.8, 4) is 0 Å². The van der Waals surface area contributed by atoms with E-state index in [1.54, 1.807) is 12.3 Å². The molecule has 2 aliphatic rings. The van der Waals surface area contributed by atoms with Crippen molar-refractivity contribution in [2.75, 3.05) is 42.9 Å². The number of carbonyl (C=O) groups excluding carboxylic acids is 2. The standard InChI is InChI=1S/C34H43N7O3/c1-5-19-35-30(42)28-24-36-31(39-29(28)37-25-9-7-6-8-10-25)38-26-11-13-27(14-12-26)40-20-15-34(16-21-40)17-22-41(23-18-34)32(43)44-33(2,3)4/h5-14,24H,1,15-23H2,2-4H3,(H,35,42)(H2,36,37,38,39)/p+1. The number of piperidine rings is 2. The molecule has 1 aromatic heterocycles. The number of nitrogens with zero attached hydrogens (tertiary/aromatic N) is 4. The summed E-state index contributed by atoms with van der Waals surface area (Å²) in [5, 5.41) is 7.98. The molecule has 5 rings (SSSR count). The van der Waals surface area contributed by atoms with Gasteiger partial charge in [0.15, 0.2) is 0 Å². The molecule has 0 radical (unpaired) electrons. The number of amides is 2. The Balaban J connectivity index is 1.18. The summed E-state index contributed by atoms with van der Waals surface area (Å²) in [6, 6.07) is 18.1. The van der Waals surface area contributed by atoms with Gasteiger partial charge in [-0.05, 0) is 88.3 Å². The summed E-state index contributed by atoms with van der Waals surface area (Å²) in [5.74, 6) is 0.698. The van der Waals surface area contributed by atoms with Gasteiger partial charge in [0, 0.05) is 44.1 Å². The number of carbonyl (C=O) groups is 2. The second kappa shape index (κ2) is 13.5. The molecule has 0 atom stereocenters. The molecule has 2 aliphatic heterocycles. The van der Waals surface area contributed by atoms with Gasteiger partial charge in [0.1, 0.15) is 16.9 Å². The summed E-state index contributed by atoms with van der Waals surface area (Å²) in [7, 11) is 0. The number of ether oxygens (including phenoxy) is 1. The monoisotopic (exact) mass is 598 g/mol. The fraction of sp³-hybridized carbons (Fsp3) is 0.412. The fourth-order valence-corrected chi connectivity index (χ4v) is 5.82. The quantitative estimate of drug-likeness (QED) is 0.239. The van der Waals surface area contributed by atoms with Gasteiger partial charge in [-0.2, -0.15) is 4.98 Å². The maximum atomic E-state index is 12.8. The molecule has 0 bridgehead atoms. The van der Waals surface area contributed by atoms with Crippen molar-refractivity contribution in [1.82, 2.24) is 20.2 Å². The van der Waals surface area contributed by atoms with Crippen molar-refractivity contribution in [3.63, 3.8) is 0 Å². The minimum absolute atomic E-state index is 0.195. The van der Waals surface area contributed by atoms with Crippen LogP contribution in [0.3, 0.4) is 0 Å². The number of hydrogen-bond donors (Lipinski definition) is 3. The van der Waals surface area contributed by atoms with Crippen molar-refractivity contribution in [1.29, 1.82) is 0 Å². The normalized spacial score (nSPS) is 16.3. The fourth-order valence-electron chi connectivity index (χ4n) is 5.82. The van der Waals surface area contributed by atoms with Crippen LogP contribution in [0.4, 0.5) is 33.6 Å². The minimum atomic E-state index is -0.465. The van der Waals surface area contributed by atoms with Crippen LogP contribution in [0.1, 0.15) is 56.8 Å². The predicted octanol–water partition coefficient (Wildman–Crippen LogP) is 5.28. The lowest BCUT2D eigenvalue weighted by molar-refractivity contribution is -0.483. The average Bonchev–Trinajstić information content (AvgIpc) is 3.01. The van der Waals surface area contributed by atoms with Crippen molar-refractivity contribution in [2.45, 2.75) is 52.1 Å². The zero-order valence-electron chi connectivity index (χ0n) is 26.0. The van der Waals surface area contributed by atoms with Crippen LogP contribution in [0.15, 0.2) is 73.4 Å². The topological polar surface area (TPSA) is 116 Å². The van der Waals surface area contributed by atoms with E-state index in [-0.39, 0.29) is 12.0 Å². The van der Waals surface area contributed by atoms with E-state index >= 15 is 0 Å². The van der Waals surface area contributed by atoms with E-state index in [2.05, 4.69) is 44.2 Å². The zero-order valence-corrected chi connectivity index (χ0v) is 26.0. The zero-order chi connectivity index (χ0) is 31.2. The average molecular weight is 599 g/mol. The summed E-state index contributed by atoms with van der Waals surface area (Å²) in [5.41, 5.74) is 3.23. The van der Waals surface area contributed by atoms with Crippen LogP contribution in [0.25, 0.3) is 0 Å². The van der Waals surface area contributed by atoms with Gasteiger partial charge in [-0.15, -0.1) is 6.58 Å². The van der Waals surface area contributed by atoms with Gasteiger partial charge >= 0.3 is 6.09 Å². The summed E-state index contributed by atoms with van der Waals surface area (Å²) < 4.78 is 5.58. The van der Waals surface area contributed by atoms with Crippen molar-refractivity contribution in [3.05, 3.63) is 79.0 Å². The highest BCUT2D eigenvalue weighted by Gasteiger charge is 2.39. The van der Waals surface area contributed by atoms with Crippen LogP contribution >= 0.6 is 0 Å². The maximum absolute atomic E-state index is 12.8. The molecular weight excluding hydrogens is 554 g/mol. The smallest absolute Gasteiger partial charge is 0.410 e. The SMILES string of the molecule is C=CCNC(=O)c1cnc(Nc2ccc(N3CCC4(CCN(C(=O)OC(C)(C)C)CC4)CC3)cc2)nc1[NH2+]c1ccccc1. The first-order valence-corrected chi connectivity index (χ1v) is 15.4. The number of likely N-dealkylation sites (tertiary alicyclic amines) is 1. The number of hydrogen-bond acceptors (Lipinski definition) is 7. The molecule has 4 N–H and O–H groups in total. The number of quaternary nitrogens is 1. The number of rotatable bonds is 8. The number of nitrogens with one attached hydrogen (secondary N) is 2. The van der Waals surface area contributed by atoms with Crippen LogP contribution in [0.5, 0.6) is 0 Å². The molecule has 10 nitrogen and oxygen atoms in total. The maximum Gasteiger partial charge on any atom is 0.410 e. The van der Waals surface area contributed by atoms with Gasteiger partial charge in [-0.3, -0.25) is 10.1 Å². The molecule has 232 valence electrons. The third kappa shape index (κ3) is 7.93. The molecule has 2 aromatic carbocycles. The van der Waals surface area contributed by atoms with Crippen LogP contribution < -0.4 is 20.9 Å². The van der Waals surface area contributed by atoms with Gasteiger partial charge in [0.2, 0.25) is 11.8 Å². The van der Waals surface area contributed by atoms with Crippen LogP contribution in [0, 0.1) is 5.41 Å². The van der Waals surface area contributed by atoms with E-state index in [9.17, 15) is 9.59 Å². The second-order valence-corrected chi connectivity index (χ2v) is 12.7. The lowest BCUT2D eigenvalue weighted by Crippen LogP contribution is -2.72. The molecule has 0 saturated carbocycles. The lowest BCUT2D eigenvalue weighted by atomic mass is 9.71. The Bertz CT molecular complexity index is 1440. The Kier molecular flexibility index (Phi) is 9.49. The van der Waals surface area contributed by atoms with Crippen molar-refractivity contribution < 1.29 is 19.6 Å². The highest BCUT2D eigenvalue weighted by Crippen LogP contribution is 2.42. The highest BCUT2D eigenvalue weighted by atomic mass is 16.6. The highest BCUT2D eigenvalue weighted by molar-refractivity contribution is 5.97. The first-order chi connectivity index (χ1) is 21.1. The number of para-hydroxylation sites is 1. The third-order valence-corrected chi connectivity index (χ3v) is 8.36. The Hall–Kier alpha value is -4.44. The van der Waals surface area contributed by atoms with Gasteiger partial charge in [-0.25, -0.2) is 9.78 Å². The van der Waals surface area contributed by atoms with Crippen molar-refractivity contribution in [2.24, 2.45) is 5.41 Å². The Morgan fingerprint density at radius 2 is 1.66 bits per heavy atom. The van der Waals surface area contributed by atoms with Crippen LogP contribution in [-0.4, -0.2) is 65.2 Å². The molecule has 0 aliphatic carbocycles. The molecule has 3 aromatic rings. The molecule has 44 heavy (non-hydrogen) atoms. The molecular formula is C34H44N7O3+. The first-order valence-electron chi connectivity index (χ1n) is 15.4. The third-order valence-electron chi connectivity index (χ3n) is 8.36. The molecule has 3 heterocycles. The summed E-state index contributed by atoms with van der Waals surface area (Å²) in [6.45, 7) is 13.3. The van der Waals surface area contributed by atoms with E-state index in [1.165, 1.54) is 5.69 Å². The number of nitrogens with two attached hydrogens (primary N) is 1. The predicted molar refractivity (Wildman–Crippen MR) is 173 cm³/mol. The second-order valence-electron chi connectivity index (χ2n) is 12.7. The minimum Gasteiger partial charge on any atom is -0.444 e. The summed E-state index contributed by atoms with van der Waals surface area (Å²) in [6.07, 6.45) is 7.30. The largest absolute Gasteiger partial charge is 0.444 e. The van der Waals surface area contributed by atoms with E-state index in [0.717, 1.165) is 63.2 Å². The number of anilines is 3. The molecule has 0 unspecified atom stereocenters. The molecule has 2 fully saturated rings. The van der Waals surface area contributed by atoms with Gasteiger partial charge in [-0.1, -0.05) is 24.3 Å². The summed E-state index contributed by atoms with van der Waals surface area (Å²) >= 11 is 0. The Morgan fingerprint density at radius 1 is 1.00 bits per heavy atom. The summed E-state index contributed by atoms with van der Waals surface area (Å²) in [4.78, 5) is 38.7. The molecule has 2 amide bonds. The van der Waals surface area contributed by atoms with E-state index in [0.29, 0.717) is 29.3 Å². The Morgan fingerprint density at radius 3 is 2.30 bits per heavy atom.